The van der Waals surface area contributed by atoms with Crippen LogP contribution in [-0.4, -0.2) is 76.6 Å². The molecule has 4 heterocycles. The van der Waals surface area contributed by atoms with Gasteiger partial charge in [-0.3, -0.25) is 9.78 Å². The number of anilines is 1. The minimum Gasteiger partial charge on any atom is -0.367 e. The molecule has 1 fully saturated rings. The molecule has 4 rings (SSSR count). The van der Waals surface area contributed by atoms with Crippen molar-refractivity contribution in [2.45, 2.75) is 43.6 Å². The third-order valence-corrected chi connectivity index (χ3v) is 6.55. The first-order chi connectivity index (χ1) is 17.2. The fourth-order valence-electron chi connectivity index (χ4n) is 3.74. The van der Waals surface area contributed by atoms with Crippen molar-refractivity contribution in [3.63, 3.8) is 0 Å². The Morgan fingerprint density at radius 2 is 1.95 bits per heavy atom. The van der Waals surface area contributed by atoms with Crippen molar-refractivity contribution in [1.29, 1.82) is 0 Å². The number of nitrogens with zero attached hydrogens (tertiary/aromatic N) is 5. The van der Waals surface area contributed by atoms with Gasteiger partial charge in [-0.1, -0.05) is 6.07 Å². The fraction of sp³-hybridized carbons (Fsp3) is 0.381. The fourth-order valence-corrected chi connectivity index (χ4v) is 4.63. The number of alkyl halides is 5. The first-order valence-electron chi connectivity index (χ1n) is 10.7. The monoisotopic (exact) mass is 534 g/mol. The highest BCUT2D eigenvalue weighted by Gasteiger charge is 2.60. The first-order valence-corrected chi connectivity index (χ1v) is 11.5. The number of hydrogen-bond donors (Lipinski definition) is 1. The molecule has 3 aromatic heterocycles. The van der Waals surface area contributed by atoms with Crippen LogP contribution in [0.25, 0.3) is 10.6 Å². The summed E-state index contributed by atoms with van der Waals surface area (Å²) in [5.41, 5.74) is -1.02. The number of rotatable bonds is 5. The number of ether oxygens (including phenoxy) is 1. The number of halogens is 5. The third kappa shape index (κ3) is 5.17. The Morgan fingerprint density at radius 1 is 1.22 bits per heavy atom. The summed E-state index contributed by atoms with van der Waals surface area (Å²) in [6.07, 6.45) is -7.33. The molecule has 2 atom stereocenters. The van der Waals surface area contributed by atoms with Gasteiger partial charge in [0.15, 0.2) is 5.69 Å². The van der Waals surface area contributed by atoms with Crippen molar-refractivity contribution in [1.82, 2.24) is 24.8 Å². The average Bonchev–Trinajstić information content (AvgIpc) is 3.22. The molecule has 190 valence electrons. The molecule has 1 aliphatic rings. The maximum absolute atomic E-state index is 14.8. The van der Waals surface area contributed by atoms with Crippen LogP contribution in [0.4, 0.5) is 27.8 Å². The van der Waals surface area contributed by atoms with E-state index < -0.39 is 41.4 Å². The predicted molar refractivity (Wildman–Crippen MR) is 125 cm³/mol. The van der Waals surface area contributed by atoms with E-state index >= 15 is 0 Å². The third-order valence-electron chi connectivity index (χ3n) is 5.56. The van der Waals surface area contributed by atoms with Gasteiger partial charge in [0.05, 0.1) is 45.5 Å². The molecule has 1 aliphatic heterocycles. The number of nitrogens with one attached hydrogen (secondary N) is 1. The summed E-state index contributed by atoms with van der Waals surface area (Å²) < 4.78 is 72.7. The van der Waals surface area contributed by atoms with Crippen molar-refractivity contribution in [3.8, 4) is 10.6 Å². The topological polar surface area (TPSA) is 93.1 Å². The van der Waals surface area contributed by atoms with Gasteiger partial charge in [-0.2, -0.15) is 22.0 Å². The van der Waals surface area contributed by atoms with E-state index in [-0.39, 0.29) is 18.1 Å². The van der Waals surface area contributed by atoms with Crippen LogP contribution in [0.5, 0.6) is 0 Å². The van der Waals surface area contributed by atoms with Gasteiger partial charge in [0, 0.05) is 12.7 Å². The van der Waals surface area contributed by atoms with Crippen LogP contribution in [0.1, 0.15) is 28.1 Å². The Labute approximate surface area is 214 Å². The standard InChI is InChI=1S/C21H17B2F5N6O2S/c1-10-13(7-31-15-9-30-14(8-32-15)19(24,25)26)34(20(22,23)21(27,28)36-10)18(35)16-17(37-11(2)33-16)12-5-3-4-6-29-12/h3-6,8-10,13H,7H2,1-2H3,(H,31,32)/t10-,13?/m0/s1. The molecule has 1 saturated heterocycles. The Balaban J connectivity index is 1.69. The van der Waals surface area contributed by atoms with Crippen LogP contribution in [0.2, 0.25) is 0 Å². The van der Waals surface area contributed by atoms with Crippen LogP contribution in [-0.2, 0) is 10.9 Å². The van der Waals surface area contributed by atoms with Crippen LogP contribution in [0.15, 0.2) is 36.8 Å². The molecule has 0 aromatic carbocycles. The Hall–Kier alpha value is -3.13. The molecule has 4 radical (unpaired) electrons. The van der Waals surface area contributed by atoms with Gasteiger partial charge >= 0.3 is 12.3 Å². The highest BCUT2D eigenvalue weighted by atomic mass is 32.1. The lowest BCUT2D eigenvalue weighted by Crippen LogP contribution is -2.74. The number of carbonyl (C=O) groups is 1. The summed E-state index contributed by atoms with van der Waals surface area (Å²) in [6, 6.07) is 3.76. The average molecular weight is 534 g/mol. The first kappa shape index (κ1) is 26.9. The second kappa shape index (κ2) is 9.63. The molecular formula is C21H17B2F5N6O2S. The number of pyridine rings is 1. The smallest absolute Gasteiger partial charge is 0.367 e. The summed E-state index contributed by atoms with van der Waals surface area (Å²) in [4.78, 5) is 30.0. The predicted octanol–water partition coefficient (Wildman–Crippen LogP) is 3.25. The van der Waals surface area contributed by atoms with Crippen molar-refractivity contribution >= 4 is 38.8 Å². The molecule has 1 unspecified atom stereocenters. The van der Waals surface area contributed by atoms with Gasteiger partial charge in [0.2, 0.25) is 0 Å². The second-order valence-corrected chi connectivity index (χ2v) is 9.40. The molecule has 0 aliphatic carbocycles. The van der Waals surface area contributed by atoms with Crippen molar-refractivity contribution in [2.24, 2.45) is 0 Å². The molecule has 3 aromatic rings. The maximum Gasteiger partial charge on any atom is 0.434 e. The van der Waals surface area contributed by atoms with Crippen molar-refractivity contribution in [2.75, 3.05) is 11.9 Å². The van der Waals surface area contributed by atoms with Crippen LogP contribution in [0, 0.1) is 6.92 Å². The molecule has 37 heavy (non-hydrogen) atoms. The molecule has 0 spiro atoms. The Kier molecular flexibility index (Phi) is 7.01. The summed E-state index contributed by atoms with van der Waals surface area (Å²) >= 11 is 1.13. The van der Waals surface area contributed by atoms with Crippen LogP contribution in [0.3, 0.4) is 0 Å². The van der Waals surface area contributed by atoms with Gasteiger partial charge in [0.1, 0.15) is 27.2 Å². The van der Waals surface area contributed by atoms with Crippen molar-refractivity contribution < 1.29 is 31.5 Å². The molecule has 1 amide bonds. The number of carbonyl (C=O) groups excluding carboxylic acids is 1. The summed E-state index contributed by atoms with van der Waals surface area (Å²) in [7, 11) is 11.6. The minimum absolute atomic E-state index is 0.108. The largest absolute Gasteiger partial charge is 0.434 e. The number of aromatic nitrogens is 4. The molecule has 1 N–H and O–H groups in total. The van der Waals surface area contributed by atoms with Gasteiger partial charge in [-0.25, -0.2) is 15.0 Å². The number of hydrogen-bond acceptors (Lipinski definition) is 8. The van der Waals surface area contributed by atoms with Gasteiger partial charge in [-0.05, 0) is 26.0 Å². The molecule has 8 nitrogen and oxygen atoms in total. The van der Waals surface area contributed by atoms with E-state index in [2.05, 4.69) is 25.3 Å². The zero-order valence-corrected chi connectivity index (χ0v) is 20.1. The number of thiazole rings is 1. The minimum atomic E-state index is -4.69. The molecular weight excluding hydrogens is 517 g/mol. The Morgan fingerprint density at radius 3 is 2.54 bits per heavy atom. The second-order valence-electron chi connectivity index (χ2n) is 8.20. The van der Waals surface area contributed by atoms with Crippen molar-refractivity contribution in [3.05, 3.63) is 53.2 Å². The molecule has 0 saturated carbocycles. The Bertz CT molecular complexity index is 1280. The summed E-state index contributed by atoms with van der Waals surface area (Å²) in [5.74, 6) is -1.11. The van der Waals surface area contributed by atoms with E-state index in [1.807, 2.05) is 0 Å². The van der Waals surface area contributed by atoms with E-state index in [4.69, 9.17) is 20.4 Å². The van der Waals surface area contributed by atoms with Gasteiger partial charge < -0.3 is 15.0 Å². The maximum atomic E-state index is 14.8. The van der Waals surface area contributed by atoms with E-state index in [9.17, 15) is 26.7 Å². The lowest BCUT2D eigenvalue weighted by molar-refractivity contribution is -0.319. The van der Waals surface area contributed by atoms with E-state index in [0.717, 1.165) is 17.5 Å². The zero-order valence-electron chi connectivity index (χ0n) is 19.3. The number of aryl methyl sites for hydroxylation is 1. The lowest BCUT2D eigenvalue weighted by Gasteiger charge is -2.54. The van der Waals surface area contributed by atoms with E-state index in [1.54, 1.807) is 25.1 Å². The normalized spacial score (nSPS) is 21.0. The SMILES string of the molecule is [B]C1([B])N(C(=O)c2nc(C)sc2-c2ccccn2)C(CNc2cnc(C(F)(F)F)cn2)[C@H](C)OC1(F)F. The zero-order chi connectivity index (χ0) is 27.2. The lowest BCUT2D eigenvalue weighted by atomic mass is 9.58. The molecule has 16 heteroatoms. The quantitative estimate of drug-likeness (QED) is 0.397. The highest BCUT2D eigenvalue weighted by molar-refractivity contribution is 7.15. The van der Waals surface area contributed by atoms with E-state index in [1.165, 1.54) is 13.1 Å². The number of amides is 1. The van der Waals surface area contributed by atoms with Crippen LogP contribution >= 0.6 is 11.3 Å². The van der Waals surface area contributed by atoms with Gasteiger partial charge in [-0.15, -0.1) is 11.3 Å². The number of morpholine rings is 1. The summed E-state index contributed by atoms with van der Waals surface area (Å²) in [6.45, 7) is 2.59. The van der Waals surface area contributed by atoms with Gasteiger partial charge in [0.25, 0.3) is 5.91 Å². The van der Waals surface area contributed by atoms with Crippen LogP contribution < -0.4 is 5.32 Å². The molecule has 0 bridgehead atoms. The highest BCUT2D eigenvalue weighted by Crippen LogP contribution is 2.41. The summed E-state index contributed by atoms with van der Waals surface area (Å²) in [5, 5.41) is 0.0362. The van der Waals surface area contributed by atoms with E-state index in [0.29, 0.717) is 26.7 Å².